The molecule has 0 saturated carbocycles. The maximum Gasteiger partial charge on any atom is 0.421 e. The van der Waals surface area contributed by atoms with Crippen molar-refractivity contribution in [1.29, 1.82) is 0 Å². The Kier molecular flexibility index (Phi) is 5.61. The molecule has 0 amide bonds. The molecular formula is C16H21ClF3NO. The Morgan fingerprint density at radius 1 is 1.36 bits per heavy atom. The lowest BCUT2D eigenvalue weighted by molar-refractivity contribution is -0.139. The molecule has 22 heavy (non-hydrogen) atoms. The summed E-state index contributed by atoms with van der Waals surface area (Å²) in [5.41, 5.74) is -0.878. The van der Waals surface area contributed by atoms with Crippen LogP contribution in [-0.4, -0.2) is 19.2 Å². The van der Waals surface area contributed by atoms with E-state index in [1.807, 2.05) is 13.8 Å². The Morgan fingerprint density at radius 3 is 2.64 bits per heavy atom. The highest BCUT2D eigenvalue weighted by molar-refractivity contribution is 6.31. The number of nitrogens with one attached hydrogen (secondary N) is 1. The van der Waals surface area contributed by atoms with Gasteiger partial charge in [0.25, 0.3) is 0 Å². The molecule has 1 fully saturated rings. The third-order valence-corrected chi connectivity index (χ3v) is 4.18. The van der Waals surface area contributed by atoms with Gasteiger partial charge in [-0.3, -0.25) is 0 Å². The Bertz CT molecular complexity index is 499. The van der Waals surface area contributed by atoms with Crippen molar-refractivity contribution in [2.45, 2.75) is 39.0 Å². The second-order valence-electron chi connectivity index (χ2n) is 6.15. The molecule has 0 radical (unpaired) electrons. The molecule has 1 aliphatic heterocycles. The van der Waals surface area contributed by atoms with Gasteiger partial charge in [0.1, 0.15) is 17.4 Å². The summed E-state index contributed by atoms with van der Waals surface area (Å²) in [6.45, 7) is 5.74. The fourth-order valence-electron chi connectivity index (χ4n) is 2.84. The Labute approximate surface area is 134 Å². The van der Waals surface area contributed by atoms with Gasteiger partial charge in [-0.2, -0.15) is 13.2 Å². The highest BCUT2D eigenvalue weighted by Gasteiger charge is 2.38. The van der Waals surface area contributed by atoms with Gasteiger partial charge in [-0.05, 0) is 37.4 Å². The van der Waals surface area contributed by atoms with Crippen LogP contribution < -0.4 is 10.1 Å². The first-order chi connectivity index (χ1) is 10.3. The summed E-state index contributed by atoms with van der Waals surface area (Å²) in [6.07, 6.45) is -3.13. The van der Waals surface area contributed by atoms with Crippen molar-refractivity contribution < 1.29 is 17.9 Å². The first-order valence-electron chi connectivity index (χ1n) is 7.52. The second kappa shape index (κ2) is 7.09. The van der Waals surface area contributed by atoms with Gasteiger partial charge >= 0.3 is 6.18 Å². The molecule has 2 nitrogen and oxygen atoms in total. The van der Waals surface area contributed by atoms with E-state index in [4.69, 9.17) is 16.3 Å². The van der Waals surface area contributed by atoms with E-state index in [9.17, 15) is 13.2 Å². The van der Waals surface area contributed by atoms with E-state index in [-0.39, 0.29) is 22.8 Å². The van der Waals surface area contributed by atoms with Crippen molar-refractivity contribution in [2.75, 3.05) is 13.1 Å². The normalized spacial score (nSPS) is 20.4. The van der Waals surface area contributed by atoms with E-state index in [0.717, 1.165) is 25.9 Å². The molecular weight excluding hydrogens is 315 g/mol. The number of benzene rings is 1. The van der Waals surface area contributed by atoms with Crippen LogP contribution in [0.15, 0.2) is 18.2 Å². The predicted molar refractivity (Wildman–Crippen MR) is 81.3 cm³/mol. The van der Waals surface area contributed by atoms with Crippen molar-refractivity contribution in [3.63, 3.8) is 0 Å². The minimum atomic E-state index is -4.52. The standard InChI is InChI=1S/C16H21ClF3NO/c1-10(2)8-14(11-6-7-21-9-11)22-13-5-3-4-12(17)15(13)16(18,19)20/h3-5,10-11,14,21H,6-9H2,1-2H3/t11-,14+/m0/s1. The van der Waals surface area contributed by atoms with Crippen LogP contribution in [0, 0.1) is 11.8 Å². The number of hydrogen-bond acceptors (Lipinski definition) is 2. The topological polar surface area (TPSA) is 21.3 Å². The highest BCUT2D eigenvalue weighted by atomic mass is 35.5. The lowest BCUT2D eigenvalue weighted by Gasteiger charge is -2.27. The van der Waals surface area contributed by atoms with Crippen LogP contribution in [-0.2, 0) is 6.18 Å². The second-order valence-corrected chi connectivity index (χ2v) is 6.56. The van der Waals surface area contributed by atoms with Gasteiger partial charge in [0.15, 0.2) is 0 Å². The minimum Gasteiger partial charge on any atom is -0.489 e. The molecule has 0 spiro atoms. The average molecular weight is 336 g/mol. The molecule has 0 bridgehead atoms. The number of alkyl halides is 3. The average Bonchev–Trinajstić information content (AvgIpc) is 2.89. The zero-order chi connectivity index (χ0) is 16.3. The zero-order valence-electron chi connectivity index (χ0n) is 12.7. The third kappa shape index (κ3) is 4.29. The zero-order valence-corrected chi connectivity index (χ0v) is 13.5. The van der Waals surface area contributed by atoms with E-state index in [2.05, 4.69) is 5.32 Å². The van der Waals surface area contributed by atoms with Crippen molar-refractivity contribution in [2.24, 2.45) is 11.8 Å². The fraction of sp³-hybridized carbons (Fsp3) is 0.625. The van der Waals surface area contributed by atoms with Crippen LogP contribution in [0.1, 0.15) is 32.3 Å². The Morgan fingerprint density at radius 2 is 2.09 bits per heavy atom. The Balaban J connectivity index is 2.27. The molecule has 1 heterocycles. The van der Waals surface area contributed by atoms with Crippen LogP contribution in [0.5, 0.6) is 5.75 Å². The van der Waals surface area contributed by atoms with Gasteiger partial charge in [0, 0.05) is 12.5 Å². The predicted octanol–water partition coefficient (Wildman–Crippen LogP) is 4.76. The maximum atomic E-state index is 13.2. The van der Waals surface area contributed by atoms with Gasteiger partial charge < -0.3 is 10.1 Å². The monoisotopic (exact) mass is 335 g/mol. The first kappa shape index (κ1) is 17.4. The largest absolute Gasteiger partial charge is 0.489 e. The van der Waals surface area contributed by atoms with Crippen molar-refractivity contribution in [3.8, 4) is 5.75 Å². The lowest BCUT2D eigenvalue weighted by Crippen LogP contribution is -2.31. The molecule has 1 aliphatic rings. The number of hydrogen-bond donors (Lipinski definition) is 1. The molecule has 0 aromatic heterocycles. The summed E-state index contributed by atoms with van der Waals surface area (Å²) < 4.78 is 45.5. The molecule has 0 unspecified atom stereocenters. The quantitative estimate of drug-likeness (QED) is 0.837. The van der Waals surface area contributed by atoms with Crippen LogP contribution in [0.25, 0.3) is 0 Å². The van der Waals surface area contributed by atoms with Gasteiger partial charge in [0.2, 0.25) is 0 Å². The van der Waals surface area contributed by atoms with E-state index in [1.165, 1.54) is 18.2 Å². The lowest BCUT2D eigenvalue weighted by atomic mass is 9.93. The molecule has 124 valence electrons. The van der Waals surface area contributed by atoms with Crippen LogP contribution in [0.3, 0.4) is 0 Å². The van der Waals surface area contributed by atoms with Crippen LogP contribution in [0.4, 0.5) is 13.2 Å². The molecule has 2 atom stereocenters. The highest BCUT2D eigenvalue weighted by Crippen LogP contribution is 2.42. The molecule has 0 aliphatic carbocycles. The SMILES string of the molecule is CC(C)C[C@@H](Oc1cccc(Cl)c1C(F)(F)F)[C@H]1CCNC1. The molecule has 1 aromatic carbocycles. The van der Waals surface area contributed by atoms with Crippen molar-refractivity contribution >= 4 is 11.6 Å². The molecule has 1 N–H and O–H groups in total. The van der Waals surface area contributed by atoms with Crippen molar-refractivity contribution in [1.82, 2.24) is 5.32 Å². The summed E-state index contributed by atoms with van der Waals surface area (Å²) in [5, 5.41) is 2.92. The summed E-state index contributed by atoms with van der Waals surface area (Å²) in [7, 11) is 0. The molecule has 6 heteroatoms. The number of halogens is 4. The van der Waals surface area contributed by atoms with Gasteiger partial charge in [-0.15, -0.1) is 0 Å². The molecule has 1 aromatic rings. The van der Waals surface area contributed by atoms with E-state index in [1.54, 1.807) is 0 Å². The smallest absolute Gasteiger partial charge is 0.421 e. The molecule has 2 rings (SSSR count). The number of ether oxygens (including phenoxy) is 1. The molecule has 1 saturated heterocycles. The summed E-state index contributed by atoms with van der Waals surface area (Å²) in [5.74, 6) is 0.402. The summed E-state index contributed by atoms with van der Waals surface area (Å²) >= 11 is 5.75. The van der Waals surface area contributed by atoms with Crippen LogP contribution in [0.2, 0.25) is 5.02 Å². The Hall–Kier alpha value is -0.940. The number of rotatable bonds is 5. The van der Waals surface area contributed by atoms with E-state index < -0.39 is 11.7 Å². The third-order valence-electron chi connectivity index (χ3n) is 3.87. The summed E-state index contributed by atoms with van der Waals surface area (Å²) in [4.78, 5) is 0. The van der Waals surface area contributed by atoms with Gasteiger partial charge in [-0.25, -0.2) is 0 Å². The van der Waals surface area contributed by atoms with Gasteiger partial charge in [0.05, 0.1) is 5.02 Å². The first-order valence-corrected chi connectivity index (χ1v) is 7.90. The minimum absolute atomic E-state index is 0.169. The van der Waals surface area contributed by atoms with E-state index in [0.29, 0.717) is 5.92 Å². The van der Waals surface area contributed by atoms with Crippen molar-refractivity contribution in [3.05, 3.63) is 28.8 Å². The van der Waals surface area contributed by atoms with Crippen LogP contribution >= 0.6 is 11.6 Å². The fourth-order valence-corrected chi connectivity index (χ4v) is 3.11. The maximum absolute atomic E-state index is 13.2. The summed E-state index contributed by atoms with van der Waals surface area (Å²) in [6, 6.07) is 4.09. The van der Waals surface area contributed by atoms with E-state index >= 15 is 0 Å². The van der Waals surface area contributed by atoms with Gasteiger partial charge in [-0.1, -0.05) is 31.5 Å².